The van der Waals surface area contributed by atoms with E-state index >= 15 is 4.39 Å². The molecule has 4 rings (SSSR count). The fraction of sp³-hybridized carbons (Fsp3) is 0.200. The molecule has 2 amide bonds. The lowest BCUT2D eigenvalue weighted by Crippen LogP contribution is -2.51. The van der Waals surface area contributed by atoms with Gasteiger partial charge in [-0.1, -0.05) is 36.4 Å². The van der Waals surface area contributed by atoms with Crippen LogP contribution in [0.5, 0.6) is 0 Å². The largest absolute Gasteiger partial charge is 0.413 e. The molecule has 2 aromatic rings. The van der Waals surface area contributed by atoms with Gasteiger partial charge in [0.2, 0.25) is 5.41 Å². The highest BCUT2D eigenvalue weighted by Crippen LogP contribution is 2.57. The van der Waals surface area contributed by atoms with Gasteiger partial charge in [-0.25, -0.2) is 4.39 Å². The second-order valence-electron chi connectivity index (χ2n) is 6.70. The molecule has 2 aliphatic heterocycles. The lowest BCUT2D eigenvalue weighted by Gasteiger charge is -2.30. The van der Waals surface area contributed by atoms with Crippen LogP contribution in [0.1, 0.15) is 11.1 Å². The molecular formula is C20H14F4N2O2. The molecule has 0 saturated carbocycles. The maximum absolute atomic E-state index is 15.8. The lowest BCUT2D eigenvalue weighted by atomic mass is 9.77. The average molecular weight is 390 g/mol. The second-order valence-corrected chi connectivity index (χ2v) is 6.70. The summed E-state index contributed by atoms with van der Waals surface area (Å²) in [5.41, 5.74) is -4.58. The Hall–Kier alpha value is -3.16. The van der Waals surface area contributed by atoms with E-state index in [1.54, 1.807) is 6.07 Å². The molecule has 0 bridgehead atoms. The minimum Gasteiger partial charge on any atom is -0.314 e. The van der Waals surface area contributed by atoms with Crippen molar-refractivity contribution >= 4 is 28.8 Å². The van der Waals surface area contributed by atoms with Crippen molar-refractivity contribution in [3.8, 4) is 0 Å². The molecule has 1 atom stereocenters. The van der Waals surface area contributed by atoms with Gasteiger partial charge in [0.25, 0.3) is 11.8 Å². The zero-order valence-electron chi connectivity index (χ0n) is 14.8. The van der Waals surface area contributed by atoms with Gasteiger partial charge in [0.1, 0.15) is 5.83 Å². The zero-order chi connectivity index (χ0) is 20.4. The molecule has 0 spiro atoms. The highest BCUT2D eigenvalue weighted by molar-refractivity contribution is 6.34. The number of alkyl halides is 3. The van der Waals surface area contributed by atoms with Crippen molar-refractivity contribution in [1.82, 2.24) is 0 Å². The predicted molar refractivity (Wildman–Crippen MR) is 95.5 cm³/mol. The van der Waals surface area contributed by atoms with Crippen LogP contribution < -0.4 is 9.80 Å². The number of hydrogen-bond donors (Lipinski definition) is 0. The van der Waals surface area contributed by atoms with Crippen molar-refractivity contribution in [1.29, 1.82) is 0 Å². The van der Waals surface area contributed by atoms with E-state index < -0.39 is 40.4 Å². The van der Waals surface area contributed by atoms with Crippen LogP contribution in [0.3, 0.4) is 0 Å². The number of nitrogens with zero attached hydrogens (tertiary/aromatic N) is 2. The molecule has 0 aromatic heterocycles. The van der Waals surface area contributed by atoms with E-state index in [9.17, 15) is 22.8 Å². The summed E-state index contributed by atoms with van der Waals surface area (Å²) in [6.45, 7) is 0. The molecule has 0 aliphatic carbocycles. The number of amides is 2. The fourth-order valence-electron chi connectivity index (χ4n) is 3.94. The van der Waals surface area contributed by atoms with Crippen molar-refractivity contribution in [3.05, 3.63) is 65.5 Å². The highest BCUT2D eigenvalue weighted by Gasteiger charge is 2.70. The van der Waals surface area contributed by atoms with Gasteiger partial charge >= 0.3 is 6.18 Å². The maximum Gasteiger partial charge on any atom is 0.413 e. The van der Waals surface area contributed by atoms with Crippen molar-refractivity contribution in [2.24, 2.45) is 0 Å². The Morgan fingerprint density at radius 3 is 2.11 bits per heavy atom. The van der Waals surface area contributed by atoms with Crippen LogP contribution in [0.25, 0.3) is 5.57 Å². The van der Waals surface area contributed by atoms with E-state index in [0.29, 0.717) is 0 Å². The molecule has 0 radical (unpaired) electrons. The summed E-state index contributed by atoms with van der Waals surface area (Å²) < 4.78 is 59.0. The first-order valence-electron chi connectivity index (χ1n) is 8.36. The number of halogens is 4. The smallest absolute Gasteiger partial charge is 0.314 e. The number of carbonyl (C=O) groups excluding carboxylic acids is 2. The first kappa shape index (κ1) is 18.2. The molecule has 0 saturated heterocycles. The summed E-state index contributed by atoms with van der Waals surface area (Å²) in [6.07, 6.45) is -5.29. The van der Waals surface area contributed by atoms with Crippen molar-refractivity contribution < 1.29 is 27.2 Å². The molecule has 144 valence electrons. The van der Waals surface area contributed by atoms with Crippen LogP contribution in [-0.4, -0.2) is 32.1 Å². The van der Waals surface area contributed by atoms with Gasteiger partial charge in [-0.15, -0.1) is 0 Å². The Bertz CT molecular complexity index is 1060. The second kappa shape index (κ2) is 5.67. The van der Waals surface area contributed by atoms with Crippen molar-refractivity contribution in [2.45, 2.75) is 11.6 Å². The molecular weight excluding hydrogens is 376 g/mol. The van der Waals surface area contributed by atoms with Crippen LogP contribution in [0.2, 0.25) is 0 Å². The summed E-state index contributed by atoms with van der Waals surface area (Å²) in [6, 6.07) is 11.1. The third kappa shape index (κ3) is 2.00. The van der Waals surface area contributed by atoms with Crippen LogP contribution in [0.4, 0.5) is 28.9 Å². The van der Waals surface area contributed by atoms with Gasteiger partial charge in [-0.2, -0.15) is 13.2 Å². The third-order valence-corrected chi connectivity index (χ3v) is 5.32. The van der Waals surface area contributed by atoms with Gasteiger partial charge < -0.3 is 9.80 Å². The Labute approximate surface area is 157 Å². The van der Waals surface area contributed by atoms with Crippen LogP contribution in [0.15, 0.2) is 54.4 Å². The first-order valence-corrected chi connectivity index (χ1v) is 8.36. The predicted octanol–water partition coefficient (Wildman–Crippen LogP) is 3.82. The van der Waals surface area contributed by atoms with Crippen molar-refractivity contribution in [2.75, 3.05) is 23.9 Å². The van der Waals surface area contributed by atoms with Crippen LogP contribution in [0, 0.1) is 0 Å². The number of rotatable bonds is 1. The monoisotopic (exact) mass is 390 g/mol. The molecule has 0 fully saturated rings. The summed E-state index contributed by atoms with van der Waals surface area (Å²) in [5, 5.41) is 0. The molecule has 28 heavy (non-hydrogen) atoms. The number of fused-ring (bicyclic) bond motifs is 2. The zero-order valence-corrected chi connectivity index (χ0v) is 14.8. The van der Waals surface area contributed by atoms with Gasteiger partial charge in [-0.05, 0) is 12.1 Å². The number of carbonyl (C=O) groups is 2. The van der Waals surface area contributed by atoms with E-state index in [4.69, 9.17) is 0 Å². The molecule has 2 aliphatic rings. The lowest BCUT2D eigenvalue weighted by molar-refractivity contribution is -0.186. The summed E-state index contributed by atoms with van der Waals surface area (Å²) in [4.78, 5) is 27.4. The SMILES string of the molecule is CN1C(=O)/C(=C(/F)[C@@]2(C(F)(F)F)C(=O)N(C)c3ccccc32)c2ccccc21. The summed E-state index contributed by atoms with van der Waals surface area (Å²) in [5.74, 6) is -4.21. The minimum absolute atomic E-state index is 0.0240. The van der Waals surface area contributed by atoms with E-state index in [1.807, 2.05) is 0 Å². The fourth-order valence-corrected chi connectivity index (χ4v) is 3.94. The van der Waals surface area contributed by atoms with E-state index in [-0.39, 0.29) is 16.9 Å². The Kier molecular flexibility index (Phi) is 3.69. The highest BCUT2D eigenvalue weighted by atomic mass is 19.4. The summed E-state index contributed by atoms with van der Waals surface area (Å²) >= 11 is 0. The first-order chi connectivity index (χ1) is 13.1. The van der Waals surface area contributed by atoms with E-state index in [2.05, 4.69) is 0 Å². The molecule has 2 heterocycles. The average Bonchev–Trinajstić information content (AvgIpc) is 3.05. The van der Waals surface area contributed by atoms with Gasteiger partial charge in [0, 0.05) is 30.9 Å². The normalized spacial score (nSPS) is 23.2. The molecule has 0 N–H and O–H groups in total. The quantitative estimate of drug-likeness (QED) is 0.549. The van der Waals surface area contributed by atoms with Crippen LogP contribution in [-0.2, 0) is 15.0 Å². The number of benzene rings is 2. The Morgan fingerprint density at radius 2 is 1.46 bits per heavy atom. The number of likely N-dealkylation sites (N-methyl/N-ethyl adjacent to an activating group) is 2. The maximum atomic E-state index is 15.8. The number of hydrogen-bond acceptors (Lipinski definition) is 2. The minimum atomic E-state index is -5.29. The Morgan fingerprint density at radius 1 is 0.893 bits per heavy atom. The van der Waals surface area contributed by atoms with Gasteiger partial charge in [-0.3, -0.25) is 9.59 Å². The van der Waals surface area contributed by atoms with Crippen molar-refractivity contribution in [3.63, 3.8) is 0 Å². The molecule has 8 heteroatoms. The van der Waals surface area contributed by atoms with Crippen LogP contribution >= 0.6 is 0 Å². The van der Waals surface area contributed by atoms with E-state index in [1.165, 1.54) is 43.4 Å². The van der Waals surface area contributed by atoms with Gasteiger partial charge in [0.15, 0.2) is 0 Å². The summed E-state index contributed by atoms with van der Waals surface area (Å²) in [7, 11) is 2.50. The molecule has 2 aromatic carbocycles. The van der Waals surface area contributed by atoms with E-state index in [0.717, 1.165) is 22.9 Å². The third-order valence-electron chi connectivity index (χ3n) is 5.32. The standard InChI is InChI=1S/C20H14F4N2O2/c1-25-13-9-5-3-7-11(13)15(17(25)27)16(21)19(20(22,23)24)12-8-4-6-10-14(12)26(2)18(19)28/h3-10H,1-2H3/b16-15+/t19-/m1/s1. The number of anilines is 2. The molecule has 0 unspecified atom stereocenters. The molecule has 4 nitrogen and oxygen atoms in total. The topological polar surface area (TPSA) is 40.6 Å². The Balaban J connectivity index is 2.12. The number of para-hydroxylation sites is 2. The van der Waals surface area contributed by atoms with Gasteiger partial charge in [0.05, 0.1) is 11.3 Å².